The summed E-state index contributed by atoms with van der Waals surface area (Å²) >= 11 is 0. The topological polar surface area (TPSA) is 81.2 Å². The number of aryl methyl sites for hydroxylation is 2. The number of hydrogen-bond acceptors (Lipinski definition) is 5. The average Bonchev–Trinajstić information content (AvgIpc) is 3.24. The van der Waals surface area contributed by atoms with Crippen LogP contribution in [0.4, 0.5) is 0 Å². The van der Waals surface area contributed by atoms with Crippen LogP contribution in [-0.2, 0) is 10.0 Å². The van der Waals surface area contributed by atoms with Gasteiger partial charge in [-0.2, -0.15) is 4.31 Å². The molecule has 0 unspecified atom stereocenters. The first-order valence-corrected chi connectivity index (χ1v) is 10.8. The van der Waals surface area contributed by atoms with Gasteiger partial charge in [0.1, 0.15) is 17.8 Å². The molecule has 0 saturated carbocycles. The lowest BCUT2D eigenvalue weighted by atomic mass is 10.1. The predicted octanol–water partition coefficient (Wildman–Crippen LogP) is 3.55. The number of para-hydroxylation sites is 2. The first kappa shape index (κ1) is 18.1. The standard InChI is InChI=1S/C21H20N4O3S/c1-14-22-19-5-3-4-6-21(19)25(14)17-11-24(12-17)29(26,27)18-9-7-16(8-10-18)20-13-28-15(2)23-20/h3-10,13,17H,11-12H2,1-2H3. The molecule has 0 spiro atoms. The maximum absolute atomic E-state index is 13.0. The molecule has 1 aliphatic rings. The smallest absolute Gasteiger partial charge is 0.243 e. The van der Waals surface area contributed by atoms with Crippen molar-refractivity contribution < 1.29 is 12.8 Å². The molecular formula is C21H20N4O3S. The van der Waals surface area contributed by atoms with E-state index in [1.54, 1.807) is 37.5 Å². The molecule has 3 heterocycles. The van der Waals surface area contributed by atoms with Gasteiger partial charge in [0, 0.05) is 25.6 Å². The van der Waals surface area contributed by atoms with E-state index in [1.807, 2.05) is 31.2 Å². The minimum absolute atomic E-state index is 0.0922. The number of hydrogen-bond donors (Lipinski definition) is 0. The lowest BCUT2D eigenvalue weighted by molar-refractivity contribution is 0.206. The number of nitrogens with zero attached hydrogens (tertiary/aromatic N) is 4. The average molecular weight is 408 g/mol. The Kier molecular flexibility index (Phi) is 4.07. The maximum Gasteiger partial charge on any atom is 0.243 e. The van der Waals surface area contributed by atoms with Gasteiger partial charge in [-0.25, -0.2) is 18.4 Å². The van der Waals surface area contributed by atoms with Crippen LogP contribution in [0.2, 0.25) is 0 Å². The zero-order valence-electron chi connectivity index (χ0n) is 16.1. The highest BCUT2D eigenvalue weighted by molar-refractivity contribution is 7.89. The molecule has 2 aromatic heterocycles. The summed E-state index contributed by atoms with van der Waals surface area (Å²) in [7, 11) is -3.53. The Labute approximate surface area is 168 Å². The van der Waals surface area contributed by atoms with Crippen molar-refractivity contribution in [2.75, 3.05) is 13.1 Å². The van der Waals surface area contributed by atoms with Gasteiger partial charge < -0.3 is 8.98 Å². The molecule has 4 aromatic rings. The van der Waals surface area contributed by atoms with Crippen LogP contribution in [0.3, 0.4) is 0 Å². The van der Waals surface area contributed by atoms with E-state index in [-0.39, 0.29) is 10.9 Å². The summed E-state index contributed by atoms with van der Waals surface area (Å²) in [5, 5.41) is 0. The second kappa shape index (κ2) is 6.53. The third-order valence-electron chi connectivity index (χ3n) is 5.37. The monoisotopic (exact) mass is 408 g/mol. The SMILES string of the molecule is Cc1nc(-c2ccc(S(=O)(=O)N3CC(n4c(C)nc5ccccc54)C3)cc2)co1. The van der Waals surface area contributed by atoms with Crippen molar-refractivity contribution in [3.05, 3.63) is 66.5 Å². The van der Waals surface area contributed by atoms with Gasteiger partial charge >= 0.3 is 0 Å². The summed E-state index contributed by atoms with van der Waals surface area (Å²) in [5.74, 6) is 1.48. The second-order valence-electron chi connectivity index (χ2n) is 7.27. The fourth-order valence-electron chi connectivity index (χ4n) is 3.84. The Morgan fingerprint density at radius 2 is 1.72 bits per heavy atom. The van der Waals surface area contributed by atoms with Crippen LogP contribution in [0.15, 0.2) is 64.1 Å². The molecule has 0 bridgehead atoms. The van der Waals surface area contributed by atoms with E-state index in [4.69, 9.17) is 4.42 Å². The van der Waals surface area contributed by atoms with Gasteiger partial charge in [0.15, 0.2) is 5.89 Å². The molecule has 1 saturated heterocycles. The number of rotatable bonds is 4. The number of aromatic nitrogens is 3. The molecule has 0 atom stereocenters. The third-order valence-corrected chi connectivity index (χ3v) is 7.22. The van der Waals surface area contributed by atoms with E-state index in [0.717, 1.165) is 22.4 Å². The van der Waals surface area contributed by atoms with Crippen molar-refractivity contribution in [2.24, 2.45) is 0 Å². The minimum atomic E-state index is -3.53. The zero-order chi connectivity index (χ0) is 20.2. The van der Waals surface area contributed by atoms with Gasteiger partial charge in [0.05, 0.1) is 22.0 Å². The quantitative estimate of drug-likeness (QED) is 0.516. The number of benzene rings is 2. The third kappa shape index (κ3) is 2.95. The second-order valence-corrected chi connectivity index (χ2v) is 9.21. The van der Waals surface area contributed by atoms with Crippen LogP contribution < -0.4 is 0 Å². The molecule has 7 nitrogen and oxygen atoms in total. The van der Waals surface area contributed by atoms with Gasteiger partial charge in [0.2, 0.25) is 10.0 Å². The first-order valence-electron chi connectivity index (χ1n) is 9.40. The van der Waals surface area contributed by atoms with Gasteiger partial charge in [-0.3, -0.25) is 0 Å². The molecule has 1 fully saturated rings. The highest BCUT2D eigenvalue weighted by Gasteiger charge is 2.38. The van der Waals surface area contributed by atoms with Gasteiger partial charge in [-0.05, 0) is 31.2 Å². The molecule has 8 heteroatoms. The number of fused-ring (bicyclic) bond motifs is 1. The van der Waals surface area contributed by atoms with Crippen molar-refractivity contribution in [3.8, 4) is 11.3 Å². The van der Waals surface area contributed by atoms with E-state index < -0.39 is 10.0 Å². The Morgan fingerprint density at radius 1 is 1.00 bits per heavy atom. The van der Waals surface area contributed by atoms with Crippen LogP contribution in [0, 0.1) is 13.8 Å². The fraction of sp³-hybridized carbons (Fsp3) is 0.238. The first-order chi connectivity index (χ1) is 13.9. The highest BCUT2D eigenvalue weighted by Crippen LogP contribution is 2.32. The van der Waals surface area contributed by atoms with Gasteiger partial charge in [-0.1, -0.05) is 24.3 Å². The summed E-state index contributed by atoms with van der Waals surface area (Å²) in [6.45, 7) is 4.61. The normalized spacial score (nSPS) is 15.7. The molecule has 0 aliphatic carbocycles. The van der Waals surface area contributed by atoms with Crippen LogP contribution in [0.25, 0.3) is 22.3 Å². The van der Waals surface area contributed by atoms with Gasteiger partial charge in [0.25, 0.3) is 0 Å². The largest absolute Gasteiger partial charge is 0.449 e. The van der Waals surface area contributed by atoms with Crippen LogP contribution in [0.5, 0.6) is 0 Å². The lowest BCUT2D eigenvalue weighted by Crippen LogP contribution is -2.50. The van der Waals surface area contributed by atoms with Crippen molar-refractivity contribution in [1.29, 1.82) is 0 Å². The van der Waals surface area contributed by atoms with E-state index in [1.165, 1.54) is 4.31 Å². The summed E-state index contributed by atoms with van der Waals surface area (Å²) in [6.07, 6.45) is 1.57. The van der Waals surface area contributed by atoms with Gasteiger partial charge in [-0.15, -0.1) is 0 Å². The zero-order valence-corrected chi connectivity index (χ0v) is 16.9. The molecule has 2 aromatic carbocycles. The molecule has 1 aliphatic heterocycles. The summed E-state index contributed by atoms with van der Waals surface area (Å²) in [5.41, 5.74) is 3.49. The molecular weight excluding hydrogens is 388 g/mol. The summed E-state index contributed by atoms with van der Waals surface area (Å²) in [6, 6.07) is 14.8. The van der Waals surface area contributed by atoms with Crippen molar-refractivity contribution >= 4 is 21.1 Å². The van der Waals surface area contributed by atoms with Crippen molar-refractivity contribution in [3.63, 3.8) is 0 Å². The van der Waals surface area contributed by atoms with Crippen LogP contribution in [0.1, 0.15) is 17.8 Å². The Morgan fingerprint density at radius 3 is 2.41 bits per heavy atom. The molecule has 0 amide bonds. The van der Waals surface area contributed by atoms with E-state index in [0.29, 0.717) is 24.7 Å². The Hall–Kier alpha value is -2.97. The Balaban J connectivity index is 1.36. The molecule has 148 valence electrons. The maximum atomic E-state index is 13.0. The summed E-state index contributed by atoms with van der Waals surface area (Å²) < 4.78 is 34.9. The summed E-state index contributed by atoms with van der Waals surface area (Å²) in [4.78, 5) is 9.14. The van der Waals surface area contributed by atoms with Crippen LogP contribution in [-0.4, -0.2) is 40.3 Å². The lowest BCUT2D eigenvalue weighted by Gasteiger charge is -2.39. The molecule has 0 radical (unpaired) electrons. The molecule has 0 N–H and O–H groups in total. The minimum Gasteiger partial charge on any atom is -0.449 e. The van der Waals surface area contributed by atoms with Crippen molar-refractivity contribution in [1.82, 2.24) is 18.8 Å². The van der Waals surface area contributed by atoms with E-state index in [2.05, 4.69) is 14.5 Å². The number of imidazole rings is 1. The highest BCUT2D eigenvalue weighted by atomic mass is 32.2. The van der Waals surface area contributed by atoms with E-state index >= 15 is 0 Å². The fourth-order valence-corrected chi connectivity index (χ4v) is 5.36. The van der Waals surface area contributed by atoms with Crippen LogP contribution >= 0.6 is 0 Å². The Bertz CT molecular complexity index is 1300. The number of sulfonamides is 1. The number of oxazole rings is 1. The molecule has 5 rings (SSSR count). The van der Waals surface area contributed by atoms with E-state index in [9.17, 15) is 8.42 Å². The van der Waals surface area contributed by atoms with Crippen molar-refractivity contribution in [2.45, 2.75) is 24.8 Å². The predicted molar refractivity (Wildman–Crippen MR) is 109 cm³/mol. The molecule has 29 heavy (non-hydrogen) atoms.